The predicted molar refractivity (Wildman–Crippen MR) is 105 cm³/mol. The summed E-state index contributed by atoms with van der Waals surface area (Å²) in [7, 11) is 5.95. The van der Waals surface area contributed by atoms with Crippen molar-refractivity contribution in [3.63, 3.8) is 0 Å². The third-order valence-electron chi connectivity index (χ3n) is 5.09. The summed E-state index contributed by atoms with van der Waals surface area (Å²) >= 11 is 0. The zero-order valence-electron chi connectivity index (χ0n) is 16.7. The molecule has 1 aromatic rings. The van der Waals surface area contributed by atoms with Gasteiger partial charge in [0.1, 0.15) is 0 Å². The topological polar surface area (TPSA) is 55.9 Å². The molecule has 0 bridgehead atoms. The Morgan fingerprint density at radius 2 is 1.77 bits per heavy atom. The molecule has 6 heteroatoms. The first kappa shape index (κ1) is 20.2. The summed E-state index contributed by atoms with van der Waals surface area (Å²) < 4.78 is 0. The zero-order valence-corrected chi connectivity index (χ0v) is 16.7. The van der Waals surface area contributed by atoms with Crippen LogP contribution in [-0.4, -0.2) is 74.5 Å². The van der Waals surface area contributed by atoms with Crippen LogP contribution < -0.4 is 10.2 Å². The number of anilines is 1. The van der Waals surface area contributed by atoms with Gasteiger partial charge in [0.15, 0.2) is 0 Å². The SMILES string of the molecule is CCN(CC)C(=O)[C@@H]1C[C@H](NC(=O)Cc2ccc(N(C)C)cc2)CN1C. The first-order valence-electron chi connectivity index (χ1n) is 9.40. The Labute approximate surface area is 157 Å². The van der Waals surface area contributed by atoms with Gasteiger partial charge in [0.25, 0.3) is 0 Å². The first-order chi connectivity index (χ1) is 12.3. The molecule has 0 saturated carbocycles. The molecule has 1 heterocycles. The molecule has 0 radical (unpaired) electrons. The summed E-state index contributed by atoms with van der Waals surface area (Å²) in [5.41, 5.74) is 2.11. The summed E-state index contributed by atoms with van der Waals surface area (Å²) in [4.78, 5) is 30.9. The van der Waals surface area contributed by atoms with Gasteiger partial charge in [-0.2, -0.15) is 0 Å². The van der Waals surface area contributed by atoms with Crippen molar-refractivity contribution < 1.29 is 9.59 Å². The van der Waals surface area contributed by atoms with Crippen molar-refractivity contribution in [3.8, 4) is 0 Å². The Morgan fingerprint density at radius 1 is 1.15 bits per heavy atom. The number of rotatable bonds is 7. The molecular weight excluding hydrogens is 328 g/mol. The van der Waals surface area contributed by atoms with E-state index in [0.717, 1.165) is 24.3 Å². The van der Waals surface area contributed by atoms with Gasteiger partial charge in [-0.05, 0) is 45.0 Å². The number of benzene rings is 1. The van der Waals surface area contributed by atoms with Gasteiger partial charge in [-0.25, -0.2) is 0 Å². The van der Waals surface area contributed by atoms with Crippen LogP contribution in [0.4, 0.5) is 5.69 Å². The van der Waals surface area contributed by atoms with Crippen molar-refractivity contribution in [2.24, 2.45) is 0 Å². The third kappa shape index (κ3) is 4.97. The standard InChI is InChI=1S/C20H32N4O2/c1-6-24(7-2)20(26)18-13-16(14-23(18)5)21-19(25)12-15-8-10-17(11-9-15)22(3)4/h8-11,16,18H,6-7,12-14H2,1-5H3,(H,21,25)/t16-,18-/m0/s1. The number of amides is 2. The smallest absolute Gasteiger partial charge is 0.239 e. The lowest BCUT2D eigenvalue weighted by Crippen LogP contribution is -2.44. The maximum absolute atomic E-state index is 12.6. The van der Waals surface area contributed by atoms with Crippen LogP contribution in [0.1, 0.15) is 25.8 Å². The number of hydrogen-bond donors (Lipinski definition) is 1. The van der Waals surface area contributed by atoms with E-state index in [4.69, 9.17) is 0 Å². The van der Waals surface area contributed by atoms with E-state index >= 15 is 0 Å². The summed E-state index contributed by atoms with van der Waals surface area (Å²) in [6.45, 7) is 6.15. The number of hydrogen-bond acceptors (Lipinski definition) is 4. The van der Waals surface area contributed by atoms with Crippen LogP contribution in [0.25, 0.3) is 0 Å². The average Bonchev–Trinajstić information content (AvgIpc) is 2.96. The van der Waals surface area contributed by atoms with Crippen molar-refractivity contribution in [3.05, 3.63) is 29.8 Å². The molecule has 1 aliphatic heterocycles. The van der Waals surface area contributed by atoms with Gasteiger partial charge < -0.3 is 15.1 Å². The van der Waals surface area contributed by atoms with Gasteiger partial charge in [0.05, 0.1) is 12.5 Å². The van der Waals surface area contributed by atoms with E-state index in [1.165, 1.54) is 0 Å². The van der Waals surface area contributed by atoms with Crippen LogP contribution in [0.2, 0.25) is 0 Å². The minimum atomic E-state index is -0.139. The van der Waals surface area contributed by atoms with E-state index < -0.39 is 0 Å². The maximum atomic E-state index is 12.6. The molecule has 144 valence electrons. The molecule has 2 amide bonds. The van der Waals surface area contributed by atoms with Crippen molar-refractivity contribution in [1.29, 1.82) is 0 Å². The normalized spacial score (nSPS) is 20.0. The van der Waals surface area contributed by atoms with E-state index in [0.29, 0.717) is 19.4 Å². The molecule has 0 spiro atoms. The molecule has 2 atom stereocenters. The lowest BCUT2D eigenvalue weighted by molar-refractivity contribution is -0.135. The Hall–Kier alpha value is -2.08. The van der Waals surface area contributed by atoms with E-state index in [-0.39, 0.29) is 23.9 Å². The van der Waals surface area contributed by atoms with Gasteiger partial charge in [-0.1, -0.05) is 12.1 Å². The minimum Gasteiger partial charge on any atom is -0.378 e. The highest BCUT2D eigenvalue weighted by molar-refractivity contribution is 5.83. The second-order valence-corrected chi connectivity index (χ2v) is 7.20. The van der Waals surface area contributed by atoms with E-state index in [9.17, 15) is 9.59 Å². The highest BCUT2D eigenvalue weighted by Crippen LogP contribution is 2.19. The molecule has 1 aliphatic rings. The molecule has 1 fully saturated rings. The highest BCUT2D eigenvalue weighted by Gasteiger charge is 2.36. The van der Waals surface area contributed by atoms with Crippen LogP contribution in [0.5, 0.6) is 0 Å². The van der Waals surface area contributed by atoms with Gasteiger partial charge in [0, 0.05) is 45.5 Å². The van der Waals surface area contributed by atoms with E-state index in [2.05, 4.69) is 10.2 Å². The van der Waals surface area contributed by atoms with Crippen molar-refractivity contribution in [1.82, 2.24) is 15.1 Å². The Balaban J connectivity index is 1.88. The lowest BCUT2D eigenvalue weighted by atomic mass is 10.1. The van der Waals surface area contributed by atoms with Crippen LogP contribution in [0.15, 0.2) is 24.3 Å². The molecule has 0 aromatic heterocycles. The average molecular weight is 361 g/mol. The minimum absolute atomic E-state index is 0.0111. The molecule has 2 rings (SSSR count). The monoisotopic (exact) mass is 360 g/mol. The van der Waals surface area contributed by atoms with Gasteiger partial charge >= 0.3 is 0 Å². The second kappa shape index (κ2) is 9.03. The van der Waals surface area contributed by atoms with Gasteiger partial charge in [-0.3, -0.25) is 14.5 Å². The summed E-state index contributed by atoms with van der Waals surface area (Å²) in [6, 6.07) is 7.90. The summed E-state index contributed by atoms with van der Waals surface area (Å²) in [5.74, 6) is 0.172. The van der Waals surface area contributed by atoms with Crippen LogP contribution >= 0.6 is 0 Å². The van der Waals surface area contributed by atoms with Crippen LogP contribution in [0, 0.1) is 0 Å². The van der Waals surface area contributed by atoms with Gasteiger partial charge in [-0.15, -0.1) is 0 Å². The number of carbonyl (C=O) groups excluding carboxylic acids is 2. The quantitative estimate of drug-likeness (QED) is 0.798. The maximum Gasteiger partial charge on any atom is 0.239 e. The molecule has 26 heavy (non-hydrogen) atoms. The summed E-state index contributed by atoms with van der Waals surface area (Å²) in [6.07, 6.45) is 1.04. The fourth-order valence-corrected chi connectivity index (χ4v) is 3.51. The first-order valence-corrected chi connectivity index (χ1v) is 9.40. The number of likely N-dealkylation sites (tertiary alicyclic amines) is 1. The van der Waals surface area contributed by atoms with E-state index in [1.54, 1.807) is 0 Å². The number of nitrogens with zero attached hydrogens (tertiary/aromatic N) is 3. The molecule has 1 N–H and O–H groups in total. The number of nitrogens with one attached hydrogen (secondary N) is 1. The fraction of sp³-hybridized carbons (Fsp3) is 0.600. The molecule has 0 unspecified atom stereocenters. The molecule has 1 aromatic carbocycles. The molecule has 0 aliphatic carbocycles. The Kier molecular flexibility index (Phi) is 7.03. The zero-order chi connectivity index (χ0) is 19.3. The highest BCUT2D eigenvalue weighted by atomic mass is 16.2. The van der Waals surface area contributed by atoms with Crippen molar-refractivity contribution >= 4 is 17.5 Å². The lowest BCUT2D eigenvalue weighted by Gasteiger charge is -2.26. The summed E-state index contributed by atoms with van der Waals surface area (Å²) in [5, 5.41) is 3.09. The molecule has 1 saturated heterocycles. The largest absolute Gasteiger partial charge is 0.378 e. The molecule has 6 nitrogen and oxygen atoms in total. The third-order valence-corrected chi connectivity index (χ3v) is 5.09. The van der Waals surface area contributed by atoms with Crippen LogP contribution in [-0.2, 0) is 16.0 Å². The Bertz CT molecular complexity index is 611. The number of carbonyl (C=O) groups is 2. The number of likely N-dealkylation sites (N-methyl/N-ethyl adjacent to an activating group) is 2. The van der Waals surface area contributed by atoms with Gasteiger partial charge in [0.2, 0.25) is 11.8 Å². The van der Waals surface area contributed by atoms with Crippen molar-refractivity contribution in [2.45, 2.75) is 38.8 Å². The van der Waals surface area contributed by atoms with E-state index in [1.807, 2.05) is 69.1 Å². The fourth-order valence-electron chi connectivity index (χ4n) is 3.51. The predicted octanol–water partition coefficient (Wildman–Crippen LogP) is 1.35. The van der Waals surface area contributed by atoms with Crippen LogP contribution in [0.3, 0.4) is 0 Å². The second-order valence-electron chi connectivity index (χ2n) is 7.20. The molecular formula is C20H32N4O2. The van der Waals surface area contributed by atoms with Crippen molar-refractivity contribution in [2.75, 3.05) is 45.7 Å². The Morgan fingerprint density at radius 3 is 2.31 bits per heavy atom.